The zero-order valence-electron chi connectivity index (χ0n) is 12.6. The van der Waals surface area contributed by atoms with Crippen LogP contribution in [0.25, 0.3) is 0 Å². The molecule has 0 bridgehead atoms. The van der Waals surface area contributed by atoms with Gasteiger partial charge in [-0.3, -0.25) is 4.90 Å². The van der Waals surface area contributed by atoms with E-state index in [0.717, 1.165) is 25.4 Å². The van der Waals surface area contributed by atoms with Gasteiger partial charge in [-0.2, -0.15) is 0 Å². The van der Waals surface area contributed by atoms with E-state index in [2.05, 4.69) is 36.1 Å². The molecule has 2 nitrogen and oxygen atoms in total. The van der Waals surface area contributed by atoms with Crippen LogP contribution in [-0.4, -0.2) is 28.6 Å². The minimum absolute atomic E-state index is 0.300. The fourth-order valence-electron chi connectivity index (χ4n) is 3.63. The van der Waals surface area contributed by atoms with E-state index < -0.39 is 0 Å². The Kier molecular flexibility index (Phi) is 4.42. The van der Waals surface area contributed by atoms with Crippen LogP contribution < -0.4 is 0 Å². The third-order valence-electron chi connectivity index (χ3n) is 4.90. The van der Waals surface area contributed by atoms with Crippen molar-refractivity contribution in [1.29, 1.82) is 0 Å². The monoisotopic (exact) mass is 273 g/mol. The van der Waals surface area contributed by atoms with E-state index in [9.17, 15) is 5.11 Å². The van der Waals surface area contributed by atoms with Crippen LogP contribution in [0.1, 0.15) is 62.7 Å². The second kappa shape index (κ2) is 6.28. The molecule has 20 heavy (non-hydrogen) atoms. The molecule has 0 aliphatic heterocycles. The van der Waals surface area contributed by atoms with Crippen molar-refractivity contribution in [3.8, 4) is 0 Å². The number of fused-ring (bicyclic) bond motifs is 1. The molecule has 3 rings (SSSR count). The van der Waals surface area contributed by atoms with Gasteiger partial charge in [0.1, 0.15) is 0 Å². The first-order chi connectivity index (χ1) is 9.81. The SMILES string of the molecule is CCCCN(C1CC1)C1CCCc2ccccc2C1O. The Hall–Kier alpha value is -0.860. The summed E-state index contributed by atoms with van der Waals surface area (Å²) in [4.78, 5) is 2.62. The van der Waals surface area contributed by atoms with Crippen LogP contribution in [0.5, 0.6) is 0 Å². The predicted molar refractivity (Wildman–Crippen MR) is 82.8 cm³/mol. The number of rotatable bonds is 5. The first-order valence-electron chi connectivity index (χ1n) is 8.33. The molecule has 2 atom stereocenters. The van der Waals surface area contributed by atoms with Crippen LogP contribution in [0.3, 0.4) is 0 Å². The fraction of sp³-hybridized carbons (Fsp3) is 0.667. The molecular weight excluding hydrogens is 246 g/mol. The van der Waals surface area contributed by atoms with Gasteiger partial charge in [0.25, 0.3) is 0 Å². The maximum atomic E-state index is 10.9. The van der Waals surface area contributed by atoms with Crippen molar-refractivity contribution >= 4 is 0 Å². The average Bonchev–Trinajstić information content (AvgIpc) is 3.30. The molecule has 1 saturated carbocycles. The lowest BCUT2D eigenvalue weighted by molar-refractivity contribution is 0.0387. The molecule has 0 aromatic heterocycles. The van der Waals surface area contributed by atoms with Crippen molar-refractivity contribution < 1.29 is 5.11 Å². The molecule has 0 radical (unpaired) electrons. The number of nitrogens with zero attached hydrogens (tertiary/aromatic N) is 1. The van der Waals surface area contributed by atoms with E-state index in [-0.39, 0.29) is 6.10 Å². The van der Waals surface area contributed by atoms with Crippen LogP contribution in [0.4, 0.5) is 0 Å². The standard InChI is InChI=1S/C18H27NO/c1-2-3-13-19(15-11-12-15)17-10-6-8-14-7-4-5-9-16(14)18(17)20/h4-5,7,9,15,17-18,20H,2-3,6,8,10-13H2,1H3. The van der Waals surface area contributed by atoms with Crippen LogP contribution in [-0.2, 0) is 6.42 Å². The lowest BCUT2D eigenvalue weighted by Crippen LogP contribution is -2.41. The van der Waals surface area contributed by atoms with Crippen LogP contribution >= 0.6 is 0 Å². The Morgan fingerprint density at radius 2 is 2.00 bits per heavy atom. The van der Waals surface area contributed by atoms with Gasteiger partial charge >= 0.3 is 0 Å². The normalized spacial score (nSPS) is 26.4. The third kappa shape index (κ3) is 2.91. The zero-order valence-corrected chi connectivity index (χ0v) is 12.6. The number of unbranched alkanes of at least 4 members (excludes halogenated alkanes) is 1. The average molecular weight is 273 g/mol. The largest absolute Gasteiger partial charge is 0.387 e. The van der Waals surface area contributed by atoms with Gasteiger partial charge in [0.15, 0.2) is 0 Å². The Labute approximate surface area is 122 Å². The highest BCUT2D eigenvalue weighted by Crippen LogP contribution is 2.37. The van der Waals surface area contributed by atoms with E-state index >= 15 is 0 Å². The Balaban J connectivity index is 1.81. The minimum Gasteiger partial charge on any atom is -0.387 e. The van der Waals surface area contributed by atoms with Crippen LogP contribution in [0.2, 0.25) is 0 Å². The van der Waals surface area contributed by atoms with Gasteiger partial charge < -0.3 is 5.11 Å². The van der Waals surface area contributed by atoms with Crippen LogP contribution in [0, 0.1) is 0 Å². The van der Waals surface area contributed by atoms with Crippen LogP contribution in [0.15, 0.2) is 24.3 Å². The first kappa shape index (κ1) is 14.1. The zero-order chi connectivity index (χ0) is 13.9. The summed E-state index contributed by atoms with van der Waals surface area (Å²) in [6, 6.07) is 9.56. The van der Waals surface area contributed by atoms with Crippen molar-refractivity contribution in [3.63, 3.8) is 0 Å². The number of aliphatic hydroxyl groups is 1. The summed E-state index contributed by atoms with van der Waals surface area (Å²) in [6.45, 7) is 3.41. The summed E-state index contributed by atoms with van der Waals surface area (Å²) >= 11 is 0. The van der Waals surface area contributed by atoms with E-state index in [4.69, 9.17) is 0 Å². The molecule has 1 N–H and O–H groups in total. The Morgan fingerprint density at radius 1 is 1.20 bits per heavy atom. The van der Waals surface area contributed by atoms with Crippen molar-refractivity contribution in [2.24, 2.45) is 0 Å². The number of hydrogen-bond acceptors (Lipinski definition) is 2. The molecule has 110 valence electrons. The summed E-state index contributed by atoms with van der Waals surface area (Å²) in [5, 5.41) is 10.9. The minimum atomic E-state index is -0.300. The van der Waals surface area contributed by atoms with Gasteiger partial charge in [0.2, 0.25) is 0 Å². The smallest absolute Gasteiger partial charge is 0.0947 e. The molecule has 2 heteroatoms. The molecule has 0 spiro atoms. The summed E-state index contributed by atoms with van der Waals surface area (Å²) in [6.07, 6.45) is 8.30. The van der Waals surface area contributed by atoms with E-state index in [0.29, 0.717) is 6.04 Å². The molecule has 0 heterocycles. The predicted octanol–water partition coefficient (Wildman–Crippen LogP) is 3.69. The van der Waals surface area contributed by atoms with Gasteiger partial charge in [0.05, 0.1) is 6.10 Å². The van der Waals surface area contributed by atoms with E-state index in [1.807, 2.05) is 0 Å². The second-order valence-electron chi connectivity index (χ2n) is 6.43. The maximum Gasteiger partial charge on any atom is 0.0947 e. The number of hydrogen-bond donors (Lipinski definition) is 1. The summed E-state index contributed by atoms with van der Waals surface area (Å²) in [5.41, 5.74) is 2.53. The molecule has 0 amide bonds. The topological polar surface area (TPSA) is 23.5 Å². The maximum absolute atomic E-state index is 10.9. The van der Waals surface area contributed by atoms with E-state index in [1.165, 1.54) is 43.2 Å². The fourth-order valence-corrected chi connectivity index (χ4v) is 3.63. The molecule has 1 aromatic rings. The van der Waals surface area contributed by atoms with Gasteiger partial charge in [0, 0.05) is 12.1 Å². The molecular formula is C18H27NO. The first-order valence-corrected chi connectivity index (χ1v) is 8.33. The molecule has 0 saturated heterocycles. The lowest BCUT2D eigenvalue weighted by atomic mass is 9.97. The number of benzene rings is 1. The van der Waals surface area contributed by atoms with Crippen molar-refractivity contribution in [1.82, 2.24) is 4.90 Å². The van der Waals surface area contributed by atoms with Gasteiger partial charge in [-0.05, 0) is 56.2 Å². The van der Waals surface area contributed by atoms with Gasteiger partial charge in [-0.1, -0.05) is 37.6 Å². The lowest BCUT2D eigenvalue weighted by Gasteiger charge is -2.34. The molecule has 2 aliphatic carbocycles. The van der Waals surface area contributed by atoms with Gasteiger partial charge in [-0.15, -0.1) is 0 Å². The molecule has 2 unspecified atom stereocenters. The van der Waals surface area contributed by atoms with Crippen molar-refractivity contribution in [2.45, 2.75) is 70.1 Å². The summed E-state index contributed by atoms with van der Waals surface area (Å²) in [5.74, 6) is 0. The van der Waals surface area contributed by atoms with Gasteiger partial charge in [-0.25, -0.2) is 0 Å². The highest BCUT2D eigenvalue weighted by Gasteiger charge is 2.38. The molecule has 1 fully saturated rings. The summed E-state index contributed by atoms with van der Waals surface area (Å²) < 4.78 is 0. The Bertz CT molecular complexity index is 441. The number of aryl methyl sites for hydroxylation is 1. The van der Waals surface area contributed by atoms with E-state index in [1.54, 1.807) is 0 Å². The quantitative estimate of drug-likeness (QED) is 0.827. The highest BCUT2D eigenvalue weighted by molar-refractivity contribution is 5.31. The van der Waals surface area contributed by atoms with Crippen molar-refractivity contribution in [2.75, 3.05) is 6.54 Å². The number of aliphatic hydroxyl groups excluding tert-OH is 1. The summed E-state index contributed by atoms with van der Waals surface area (Å²) in [7, 11) is 0. The van der Waals surface area contributed by atoms with Crippen molar-refractivity contribution in [3.05, 3.63) is 35.4 Å². The second-order valence-corrected chi connectivity index (χ2v) is 6.43. The molecule has 2 aliphatic rings. The molecule has 1 aromatic carbocycles. The highest BCUT2D eigenvalue weighted by atomic mass is 16.3. The Morgan fingerprint density at radius 3 is 2.75 bits per heavy atom. The third-order valence-corrected chi connectivity index (χ3v) is 4.90.